The third kappa shape index (κ3) is 1.84. The van der Waals surface area contributed by atoms with Crippen molar-refractivity contribution in [1.82, 2.24) is 25.2 Å². The Morgan fingerprint density at radius 2 is 1.94 bits per heavy atom. The molecule has 3 aromatic rings. The number of benzene rings is 1. The summed E-state index contributed by atoms with van der Waals surface area (Å²) in [6.45, 7) is 1.90. The fraction of sp³-hybridized carbons (Fsp3) is 0.0909. The summed E-state index contributed by atoms with van der Waals surface area (Å²) in [6.07, 6.45) is 1.70. The van der Waals surface area contributed by atoms with Gasteiger partial charge in [0.15, 0.2) is 0 Å². The summed E-state index contributed by atoms with van der Waals surface area (Å²) in [7, 11) is 0. The molecule has 7 heteroatoms. The SMILES string of the molecule is Cc1nnc(-n2nncc2-c2ccc(N)cc2)s1. The monoisotopic (exact) mass is 258 g/mol. The molecule has 0 atom stereocenters. The van der Waals surface area contributed by atoms with Crippen molar-refractivity contribution in [2.24, 2.45) is 0 Å². The molecule has 2 aromatic heterocycles. The molecule has 0 saturated carbocycles. The summed E-state index contributed by atoms with van der Waals surface area (Å²) in [5, 5.41) is 17.6. The van der Waals surface area contributed by atoms with Crippen molar-refractivity contribution in [3.8, 4) is 16.4 Å². The van der Waals surface area contributed by atoms with Gasteiger partial charge in [0, 0.05) is 11.3 Å². The zero-order chi connectivity index (χ0) is 12.5. The molecule has 90 valence electrons. The van der Waals surface area contributed by atoms with Gasteiger partial charge in [-0.3, -0.25) is 0 Å². The number of rotatable bonds is 2. The van der Waals surface area contributed by atoms with E-state index >= 15 is 0 Å². The van der Waals surface area contributed by atoms with Gasteiger partial charge >= 0.3 is 0 Å². The van der Waals surface area contributed by atoms with Gasteiger partial charge in [-0.15, -0.1) is 15.3 Å². The highest BCUT2D eigenvalue weighted by Crippen LogP contribution is 2.23. The third-order valence-electron chi connectivity index (χ3n) is 2.45. The summed E-state index contributed by atoms with van der Waals surface area (Å²) >= 11 is 1.47. The maximum absolute atomic E-state index is 5.67. The zero-order valence-corrected chi connectivity index (χ0v) is 10.4. The Labute approximate surface area is 107 Å². The molecule has 0 fully saturated rings. The van der Waals surface area contributed by atoms with E-state index in [0.29, 0.717) is 5.13 Å². The van der Waals surface area contributed by atoms with Gasteiger partial charge in [-0.25, -0.2) is 0 Å². The van der Waals surface area contributed by atoms with Crippen LogP contribution in [-0.4, -0.2) is 25.2 Å². The van der Waals surface area contributed by atoms with Crippen molar-refractivity contribution in [3.63, 3.8) is 0 Å². The van der Waals surface area contributed by atoms with Crippen molar-refractivity contribution in [3.05, 3.63) is 35.5 Å². The van der Waals surface area contributed by atoms with E-state index in [1.165, 1.54) is 11.3 Å². The smallest absolute Gasteiger partial charge is 0.234 e. The summed E-state index contributed by atoms with van der Waals surface area (Å²) < 4.78 is 1.68. The minimum absolute atomic E-state index is 0.705. The van der Waals surface area contributed by atoms with Gasteiger partial charge in [0.2, 0.25) is 5.13 Å². The van der Waals surface area contributed by atoms with E-state index in [-0.39, 0.29) is 0 Å². The lowest BCUT2D eigenvalue weighted by molar-refractivity contribution is 0.788. The van der Waals surface area contributed by atoms with Gasteiger partial charge in [-0.1, -0.05) is 28.7 Å². The lowest BCUT2D eigenvalue weighted by atomic mass is 10.1. The first-order valence-electron chi connectivity index (χ1n) is 5.31. The molecule has 0 unspecified atom stereocenters. The number of aryl methyl sites for hydroxylation is 1. The minimum Gasteiger partial charge on any atom is -0.399 e. The third-order valence-corrected chi connectivity index (χ3v) is 3.27. The van der Waals surface area contributed by atoms with Crippen LogP contribution in [0.5, 0.6) is 0 Å². The number of hydrogen-bond acceptors (Lipinski definition) is 6. The molecule has 0 aliphatic heterocycles. The molecule has 6 nitrogen and oxygen atoms in total. The molecular formula is C11H10N6S. The van der Waals surface area contributed by atoms with Crippen LogP contribution in [0, 0.1) is 6.92 Å². The molecule has 0 saturated heterocycles. The Morgan fingerprint density at radius 3 is 2.61 bits per heavy atom. The van der Waals surface area contributed by atoms with Crippen LogP contribution in [0.2, 0.25) is 0 Å². The van der Waals surface area contributed by atoms with E-state index in [9.17, 15) is 0 Å². The maximum Gasteiger partial charge on any atom is 0.234 e. The second-order valence-corrected chi connectivity index (χ2v) is 4.92. The predicted octanol–water partition coefficient (Wildman–Crippen LogP) is 1.68. The summed E-state index contributed by atoms with van der Waals surface area (Å²) in [6, 6.07) is 7.55. The van der Waals surface area contributed by atoms with E-state index in [1.807, 2.05) is 31.2 Å². The van der Waals surface area contributed by atoms with Crippen molar-refractivity contribution >= 4 is 17.0 Å². The van der Waals surface area contributed by atoms with Gasteiger partial charge in [-0.05, 0) is 19.1 Å². The van der Waals surface area contributed by atoms with E-state index in [4.69, 9.17) is 5.73 Å². The molecule has 0 bridgehead atoms. The number of aromatic nitrogens is 5. The normalized spacial score (nSPS) is 10.7. The lowest BCUT2D eigenvalue weighted by Crippen LogP contribution is -1.98. The van der Waals surface area contributed by atoms with Crippen molar-refractivity contribution in [2.75, 3.05) is 5.73 Å². The van der Waals surface area contributed by atoms with E-state index in [1.54, 1.807) is 10.9 Å². The topological polar surface area (TPSA) is 82.5 Å². The average Bonchev–Trinajstić information content (AvgIpc) is 2.98. The fourth-order valence-corrected chi connectivity index (χ4v) is 2.25. The van der Waals surface area contributed by atoms with E-state index < -0.39 is 0 Å². The van der Waals surface area contributed by atoms with Gasteiger partial charge in [-0.2, -0.15) is 4.68 Å². The number of nitrogens with two attached hydrogens (primary N) is 1. The molecular weight excluding hydrogens is 248 g/mol. The molecule has 0 amide bonds. The van der Waals surface area contributed by atoms with Crippen molar-refractivity contribution in [1.29, 1.82) is 0 Å². The first-order chi connectivity index (χ1) is 8.74. The highest BCUT2D eigenvalue weighted by atomic mass is 32.1. The molecule has 0 radical (unpaired) electrons. The van der Waals surface area contributed by atoms with Crippen molar-refractivity contribution < 1.29 is 0 Å². The quantitative estimate of drug-likeness (QED) is 0.707. The predicted molar refractivity (Wildman–Crippen MR) is 69.4 cm³/mol. The molecule has 1 aromatic carbocycles. The van der Waals surface area contributed by atoms with Crippen LogP contribution in [0.4, 0.5) is 5.69 Å². The fourth-order valence-electron chi connectivity index (χ4n) is 1.60. The minimum atomic E-state index is 0.705. The van der Waals surface area contributed by atoms with Crippen molar-refractivity contribution in [2.45, 2.75) is 6.92 Å². The lowest BCUT2D eigenvalue weighted by Gasteiger charge is -2.02. The Balaban J connectivity index is 2.09. The maximum atomic E-state index is 5.67. The van der Waals surface area contributed by atoms with Gasteiger partial charge < -0.3 is 5.73 Å². The highest BCUT2D eigenvalue weighted by molar-refractivity contribution is 7.13. The average molecular weight is 258 g/mol. The molecule has 0 aliphatic carbocycles. The molecule has 18 heavy (non-hydrogen) atoms. The van der Waals surface area contributed by atoms with Gasteiger partial charge in [0.1, 0.15) is 5.01 Å². The first-order valence-corrected chi connectivity index (χ1v) is 6.13. The van der Waals surface area contributed by atoms with Crippen LogP contribution in [0.15, 0.2) is 30.5 Å². The van der Waals surface area contributed by atoms with Gasteiger partial charge in [0.05, 0.1) is 11.9 Å². The van der Waals surface area contributed by atoms with E-state index in [2.05, 4.69) is 20.5 Å². The second-order valence-electron chi connectivity index (χ2n) is 3.76. The molecule has 2 heterocycles. The molecule has 2 N–H and O–H groups in total. The summed E-state index contributed by atoms with van der Waals surface area (Å²) in [5.41, 5.74) is 8.26. The van der Waals surface area contributed by atoms with E-state index in [0.717, 1.165) is 22.0 Å². The molecule has 3 rings (SSSR count). The van der Waals surface area contributed by atoms with Gasteiger partial charge in [0.25, 0.3) is 0 Å². The second kappa shape index (κ2) is 4.19. The number of hydrogen-bond donors (Lipinski definition) is 1. The summed E-state index contributed by atoms with van der Waals surface area (Å²) in [5.74, 6) is 0. The Morgan fingerprint density at radius 1 is 1.17 bits per heavy atom. The highest BCUT2D eigenvalue weighted by Gasteiger charge is 2.11. The van der Waals surface area contributed by atoms with Crippen LogP contribution in [0.25, 0.3) is 16.4 Å². The number of nitrogen functional groups attached to an aromatic ring is 1. The Bertz CT molecular complexity index is 669. The molecule has 0 aliphatic rings. The van der Waals surface area contributed by atoms with Crippen LogP contribution < -0.4 is 5.73 Å². The van der Waals surface area contributed by atoms with Crippen LogP contribution in [-0.2, 0) is 0 Å². The number of nitrogens with zero attached hydrogens (tertiary/aromatic N) is 5. The van der Waals surface area contributed by atoms with Crippen LogP contribution in [0.1, 0.15) is 5.01 Å². The van der Waals surface area contributed by atoms with Crippen LogP contribution in [0.3, 0.4) is 0 Å². The molecule has 0 spiro atoms. The summed E-state index contributed by atoms with van der Waals surface area (Å²) in [4.78, 5) is 0. The largest absolute Gasteiger partial charge is 0.399 e. The number of anilines is 1. The Kier molecular flexibility index (Phi) is 2.52. The first kappa shape index (κ1) is 10.8. The Hall–Kier alpha value is -2.28. The van der Waals surface area contributed by atoms with Crippen LogP contribution >= 0.6 is 11.3 Å². The zero-order valence-electron chi connectivity index (χ0n) is 9.61. The standard InChI is InChI=1S/C11H10N6S/c1-7-14-15-11(18-7)17-10(6-13-16-17)8-2-4-9(12)5-3-8/h2-6H,12H2,1H3.